The van der Waals surface area contributed by atoms with E-state index in [0.29, 0.717) is 32.0 Å². The maximum Gasteiger partial charge on any atom is 0.401 e. The van der Waals surface area contributed by atoms with Gasteiger partial charge in [-0.25, -0.2) is 0 Å². The predicted molar refractivity (Wildman–Crippen MR) is 107 cm³/mol. The van der Waals surface area contributed by atoms with Gasteiger partial charge in [0.2, 0.25) is 0 Å². The van der Waals surface area contributed by atoms with Crippen LogP contribution in [0.5, 0.6) is 0 Å². The van der Waals surface area contributed by atoms with Crippen molar-refractivity contribution in [3.05, 3.63) is 0 Å². The van der Waals surface area contributed by atoms with Gasteiger partial charge in [-0.3, -0.25) is 14.8 Å². The van der Waals surface area contributed by atoms with Crippen LogP contribution in [0, 0.1) is 0 Å². The zero-order chi connectivity index (χ0) is 18.5. The number of aliphatic imine (C=N–C) groups is 1. The Morgan fingerprint density at radius 1 is 1.19 bits per heavy atom. The highest BCUT2D eigenvalue weighted by molar-refractivity contribution is 14.0. The highest BCUT2D eigenvalue weighted by atomic mass is 127. The summed E-state index contributed by atoms with van der Waals surface area (Å²) in [6, 6.07) is -0.0138. The van der Waals surface area contributed by atoms with Crippen molar-refractivity contribution >= 4 is 29.9 Å². The van der Waals surface area contributed by atoms with Crippen molar-refractivity contribution < 1.29 is 17.9 Å². The summed E-state index contributed by atoms with van der Waals surface area (Å²) in [4.78, 5) is 8.02. The molecule has 6 nitrogen and oxygen atoms in total. The van der Waals surface area contributed by atoms with Gasteiger partial charge in [0, 0.05) is 51.4 Å². The van der Waals surface area contributed by atoms with E-state index in [1.54, 1.807) is 7.05 Å². The summed E-state index contributed by atoms with van der Waals surface area (Å²) in [7, 11) is 1.68. The van der Waals surface area contributed by atoms with Gasteiger partial charge >= 0.3 is 6.18 Å². The molecule has 0 aromatic rings. The van der Waals surface area contributed by atoms with Crippen LogP contribution in [0.1, 0.15) is 20.3 Å². The summed E-state index contributed by atoms with van der Waals surface area (Å²) in [6.07, 6.45) is -3.46. The van der Waals surface area contributed by atoms with Crippen molar-refractivity contribution in [3.63, 3.8) is 0 Å². The molecule has 2 fully saturated rings. The van der Waals surface area contributed by atoms with Crippen LogP contribution in [0.25, 0.3) is 0 Å². The van der Waals surface area contributed by atoms with Crippen LogP contribution in [-0.2, 0) is 4.74 Å². The number of hydrogen-bond acceptors (Lipinski definition) is 4. The monoisotopic (exact) mass is 493 g/mol. The lowest BCUT2D eigenvalue weighted by Gasteiger charge is -2.41. The lowest BCUT2D eigenvalue weighted by atomic mass is 10.0. The van der Waals surface area contributed by atoms with Gasteiger partial charge in [0.1, 0.15) is 0 Å². The molecule has 26 heavy (non-hydrogen) atoms. The first-order valence-electron chi connectivity index (χ1n) is 8.79. The van der Waals surface area contributed by atoms with E-state index in [1.807, 2.05) is 0 Å². The molecular weight excluding hydrogens is 462 g/mol. The summed E-state index contributed by atoms with van der Waals surface area (Å²) in [6.45, 7) is 8.30. The van der Waals surface area contributed by atoms with Crippen LogP contribution in [0.15, 0.2) is 4.99 Å². The number of morpholine rings is 1. The van der Waals surface area contributed by atoms with Crippen LogP contribution in [0.2, 0.25) is 0 Å². The first kappa shape index (κ1) is 23.7. The third-order valence-corrected chi connectivity index (χ3v) is 4.80. The van der Waals surface area contributed by atoms with Crippen LogP contribution in [0.4, 0.5) is 13.2 Å². The van der Waals surface area contributed by atoms with Gasteiger partial charge in [-0.2, -0.15) is 13.2 Å². The molecule has 0 amide bonds. The Balaban J connectivity index is 0.00000338. The normalized spacial score (nSPS) is 23.6. The molecule has 0 aromatic carbocycles. The molecule has 2 aliphatic heterocycles. The largest absolute Gasteiger partial charge is 0.401 e. The SMILES string of the molecule is CN=C(NCC(C)(C)N1CCOCC1)NC1CCN(CC(F)(F)F)C1.I. The number of rotatable bonds is 5. The first-order chi connectivity index (χ1) is 11.7. The Morgan fingerprint density at radius 3 is 2.42 bits per heavy atom. The molecule has 0 radical (unpaired) electrons. The topological polar surface area (TPSA) is 52.1 Å². The summed E-state index contributed by atoms with van der Waals surface area (Å²) >= 11 is 0. The van der Waals surface area contributed by atoms with E-state index in [0.717, 1.165) is 26.3 Å². The average molecular weight is 493 g/mol. The second kappa shape index (κ2) is 10.3. The van der Waals surface area contributed by atoms with Crippen molar-refractivity contribution in [2.24, 2.45) is 4.99 Å². The quantitative estimate of drug-likeness (QED) is 0.346. The van der Waals surface area contributed by atoms with Crippen molar-refractivity contribution in [2.45, 2.75) is 38.0 Å². The van der Waals surface area contributed by atoms with Crippen molar-refractivity contribution in [1.82, 2.24) is 20.4 Å². The maximum atomic E-state index is 12.5. The van der Waals surface area contributed by atoms with E-state index in [-0.39, 0.29) is 35.6 Å². The summed E-state index contributed by atoms with van der Waals surface area (Å²) in [5.74, 6) is 0.639. The summed E-state index contributed by atoms with van der Waals surface area (Å²) in [5, 5.41) is 6.56. The van der Waals surface area contributed by atoms with Crippen LogP contribution >= 0.6 is 24.0 Å². The minimum absolute atomic E-state index is 0. The van der Waals surface area contributed by atoms with Gasteiger partial charge < -0.3 is 15.4 Å². The summed E-state index contributed by atoms with van der Waals surface area (Å²) < 4.78 is 42.8. The molecule has 2 aliphatic rings. The molecule has 1 unspecified atom stereocenters. The Labute approximate surface area is 170 Å². The maximum absolute atomic E-state index is 12.5. The van der Waals surface area contributed by atoms with E-state index >= 15 is 0 Å². The molecule has 2 heterocycles. The molecule has 0 saturated carbocycles. The van der Waals surface area contributed by atoms with E-state index < -0.39 is 12.7 Å². The molecule has 0 bridgehead atoms. The molecule has 10 heteroatoms. The zero-order valence-corrected chi connectivity index (χ0v) is 18.1. The molecule has 2 rings (SSSR count). The number of guanidine groups is 1. The number of nitrogens with zero attached hydrogens (tertiary/aromatic N) is 3. The fourth-order valence-electron chi connectivity index (χ4n) is 3.32. The molecular formula is C16H31F3IN5O. The third kappa shape index (κ3) is 7.73. The van der Waals surface area contributed by atoms with Gasteiger partial charge in [-0.1, -0.05) is 0 Å². The van der Waals surface area contributed by atoms with Crippen molar-refractivity contribution in [1.29, 1.82) is 0 Å². The van der Waals surface area contributed by atoms with E-state index in [4.69, 9.17) is 4.74 Å². The van der Waals surface area contributed by atoms with E-state index in [9.17, 15) is 13.2 Å². The van der Waals surface area contributed by atoms with Crippen LogP contribution in [0.3, 0.4) is 0 Å². The van der Waals surface area contributed by atoms with Gasteiger partial charge in [0.15, 0.2) is 5.96 Å². The molecule has 2 N–H and O–H groups in total. The van der Waals surface area contributed by atoms with Crippen LogP contribution in [-0.4, -0.2) is 93.0 Å². The average Bonchev–Trinajstić information content (AvgIpc) is 2.97. The van der Waals surface area contributed by atoms with E-state index in [1.165, 1.54) is 4.90 Å². The number of nitrogens with one attached hydrogen (secondary N) is 2. The highest BCUT2D eigenvalue weighted by Gasteiger charge is 2.34. The van der Waals surface area contributed by atoms with Gasteiger partial charge in [-0.05, 0) is 20.3 Å². The highest BCUT2D eigenvalue weighted by Crippen LogP contribution is 2.20. The first-order valence-corrected chi connectivity index (χ1v) is 8.79. The van der Waals surface area contributed by atoms with Gasteiger partial charge in [0.25, 0.3) is 0 Å². The molecule has 2 saturated heterocycles. The molecule has 0 spiro atoms. The second-order valence-electron chi connectivity index (χ2n) is 7.32. The van der Waals surface area contributed by atoms with Crippen LogP contribution < -0.4 is 10.6 Å². The summed E-state index contributed by atoms with van der Waals surface area (Å²) in [5.41, 5.74) is -0.0562. The molecule has 0 aromatic heterocycles. The third-order valence-electron chi connectivity index (χ3n) is 4.80. The molecule has 1 atom stereocenters. The Morgan fingerprint density at radius 2 is 1.85 bits per heavy atom. The van der Waals surface area contributed by atoms with Crippen molar-refractivity contribution in [2.75, 3.05) is 59.5 Å². The number of alkyl halides is 3. The number of halogens is 4. The Kier molecular flexibility index (Phi) is 9.37. The predicted octanol–water partition coefficient (Wildman–Crippen LogP) is 1.52. The fourth-order valence-corrected chi connectivity index (χ4v) is 3.32. The standard InChI is InChI=1S/C16H30F3N5O.HI/c1-15(2,24-6-8-25-9-7-24)11-21-14(20-3)22-13-4-5-23(10-13)12-16(17,18)19;/h13H,4-12H2,1-3H3,(H2,20,21,22);1H. The number of likely N-dealkylation sites (tertiary alicyclic amines) is 1. The number of ether oxygens (including phenoxy) is 1. The molecule has 154 valence electrons. The van der Waals surface area contributed by atoms with Gasteiger partial charge in [0.05, 0.1) is 19.8 Å². The van der Waals surface area contributed by atoms with E-state index in [2.05, 4.69) is 34.4 Å². The molecule has 0 aliphatic carbocycles. The zero-order valence-electron chi connectivity index (χ0n) is 15.7. The fraction of sp³-hybridized carbons (Fsp3) is 0.938. The lowest BCUT2D eigenvalue weighted by molar-refractivity contribution is -0.143. The van der Waals surface area contributed by atoms with Crippen molar-refractivity contribution in [3.8, 4) is 0 Å². The minimum atomic E-state index is -4.14. The second-order valence-corrected chi connectivity index (χ2v) is 7.32. The smallest absolute Gasteiger partial charge is 0.379 e. The lowest BCUT2D eigenvalue weighted by Crippen LogP contribution is -2.57. The number of hydrogen-bond donors (Lipinski definition) is 2. The van der Waals surface area contributed by atoms with Gasteiger partial charge in [-0.15, -0.1) is 24.0 Å². The Hall–Kier alpha value is -0.330. The minimum Gasteiger partial charge on any atom is -0.379 e. The Bertz CT molecular complexity index is 456.